The van der Waals surface area contributed by atoms with Gasteiger partial charge in [-0.05, 0) is 62.2 Å². The Balaban J connectivity index is 1.86. The van der Waals surface area contributed by atoms with E-state index in [1.165, 1.54) is 25.0 Å². The summed E-state index contributed by atoms with van der Waals surface area (Å²) >= 11 is 6.05. The third-order valence-electron chi connectivity index (χ3n) is 3.50. The van der Waals surface area contributed by atoms with Gasteiger partial charge in [-0.15, -0.1) is 0 Å². The summed E-state index contributed by atoms with van der Waals surface area (Å²) in [7, 11) is 0. The van der Waals surface area contributed by atoms with Crippen molar-refractivity contribution in [3.05, 3.63) is 0 Å². The zero-order chi connectivity index (χ0) is 14.6. The van der Waals surface area contributed by atoms with Crippen molar-refractivity contribution in [1.29, 1.82) is 0 Å². The normalized spacial score (nSPS) is 22.7. The summed E-state index contributed by atoms with van der Waals surface area (Å²) in [5.41, 5.74) is 0. The molecule has 3 nitrogen and oxygen atoms in total. The molecule has 20 heavy (non-hydrogen) atoms. The quantitative estimate of drug-likeness (QED) is 0.379. The minimum atomic E-state index is -0.0831. The number of rotatable bonds is 10. The first-order chi connectivity index (χ1) is 9.72. The van der Waals surface area contributed by atoms with Gasteiger partial charge >= 0.3 is 5.97 Å². The van der Waals surface area contributed by atoms with Crippen molar-refractivity contribution in [3.8, 4) is 0 Å². The van der Waals surface area contributed by atoms with Crippen molar-refractivity contribution in [1.82, 2.24) is 0 Å². The van der Waals surface area contributed by atoms with E-state index in [-0.39, 0.29) is 5.97 Å². The number of carbonyl (C=O) groups excluding carboxylic acids is 1. The number of carbonyl (C=O) groups is 1. The molecule has 1 aliphatic rings. The first-order valence-electron chi connectivity index (χ1n) is 7.68. The molecule has 0 aromatic carbocycles. The van der Waals surface area contributed by atoms with Crippen molar-refractivity contribution in [2.75, 3.05) is 30.5 Å². The number of ether oxygens (including phenoxy) is 2. The van der Waals surface area contributed by atoms with Gasteiger partial charge < -0.3 is 9.47 Å². The summed E-state index contributed by atoms with van der Waals surface area (Å²) in [5.74, 6) is 3.80. The van der Waals surface area contributed by atoms with Gasteiger partial charge in [0.15, 0.2) is 0 Å². The first-order valence-corrected chi connectivity index (χ1v) is 9.47. The van der Waals surface area contributed by atoms with Crippen LogP contribution >= 0.6 is 24.4 Å². The number of thioether (sulfide) groups is 1. The minimum Gasteiger partial charge on any atom is -0.466 e. The lowest BCUT2D eigenvalue weighted by atomic mass is 9.94. The molecule has 1 heterocycles. The second kappa shape index (κ2) is 11.8. The summed E-state index contributed by atoms with van der Waals surface area (Å²) < 4.78 is 10.7. The largest absolute Gasteiger partial charge is 0.466 e. The van der Waals surface area contributed by atoms with Crippen LogP contribution in [0.2, 0.25) is 0 Å². The Labute approximate surface area is 133 Å². The van der Waals surface area contributed by atoms with Gasteiger partial charge in [-0.25, -0.2) is 0 Å². The Kier molecular flexibility index (Phi) is 10.7. The molecule has 1 aliphatic heterocycles. The van der Waals surface area contributed by atoms with E-state index in [9.17, 15) is 4.79 Å². The molecule has 118 valence electrons. The smallest absolute Gasteiger partial charge is 0.305 e. The first kappa shape index (κ1) is 18.2. The molecule has 2 unspecified atom stereocenters. The molecule has 0 aromatic heterocycles. The molecule has 0 aliphatic carbocycles. The second-order valence-corrected chi connectivity index (χ2v) is 7.05. The van der Waals surface area contributed by atoms with E-state index >= 15 is 0 Å². The number of thiol groups is 1. The van der Waals surface area contributed by atoms with Gasteiger partial charge in [-0.3, -0.25) is 4.79 Å². The maximum atomic E-state index is 11.3. The van der Waals surface area contributed by atoms with Crippen LogP contribution in [0.25, 0.3) is 0 Å². The maximum absolute atomic E-state index is 11.3. The van der Waals surface area contributed by atoms with Gasteiger partial charge in [0.25, 0.3) is 0 Å². The van der Waals surface area contributed by atoms with Crippen LogP contribution in [0.15, 0.2) is 0 Å². The van der Waals surface area contributed by atoms with Gasteiger partial charge in [-0.2, -0.15) is 24.4 Å². The van der Waals surface area contributed by atoms with Gasteiger partial charge in [0, 0.05) is 13.0 Å². The van der Waals surface area contributed by atoms with Crippen molar-refractivity contribution in [3.63, 3.8) is 0 Å². The molecule has 0 saturated carbocycles. The Hall–Kier alpha value is 0.130. The number of hydrogen-bond donors (Lipinski definition) is 1. The molecular formula is C15H28O3S2. The second-order valence-electron chi connectivity index (χ2n) is 5.37. The highest BCUT2D eigenvalue weighted by molar-refractivity contribution is 7.99. The van der Waals surface area contributed by atoms with Gasteiger partial charge in [-0.1, -0.05) is 0 Å². The number of esters is 1. The molecule has 0 bridgehead atoms. The highest BCUT2D eigenvalue weighted by atomic mass is 32.2. The van der Waals surface area contributed by atoms with E-state index in [0.717, 1.165) is 36.9 Å². The van der Waals surface area contributed by atoms with Crippen LogP contribution in [0.4, 0.5) is 0 Å². The fraction of sp³-hybridized carbons (Fsp3) is 0.933. The third kappa shape index (κ3) is 9.14. The molecule has 1 fully saturated rings. The van der Waals surface area contributed by atoms with E-state index in [2.05, 4.69) is 19.6 Å². The molecule has 1 saturated heterocycles. The monoisotopic (exact) mass is 320 g/mol. The van der Waals surface area contributed by atoms with Gasteiger partial charge in [0.05, 0.1) is 12.7 Å². The van der Waals surface area contributed by atoms with Crippen LogP contribution < -0.4 is 0 Å². The maximum Gasteiger partial charge on any atom is 0.305 e. The molecule has 0 amide bonds. The van der Waals surface area contributed by atoms with Crippen LogP contribution in [0, 0.1) is 5.92 Å². The highest BCUT2D eigenvalue weighted by Gasteiger charge is 2.18. The predicted molar refractivity (Wildman–Crippen MR) is 88.7 cm³/mol. The lowest BCUT2D eigenvalue weighted by Crippen LogP contribution is -2.23. The summed E-state index contributed by atoms with van der Waals surface area (Å²) in [5, 5.41) is 0. The van der Waals surface area contributed by atoms with E-state index in [4.69, 9.17) is 9.47 Å². The van der Waals surface area contributed by atoms with E-state index in [1.54, 1.807) is 0 Å². The molecule has 0 N–H and O–H groups in total. The van der Waals surface area contributed by atoms with Crippen LogP contribution in [-0.4, -0.2) is 42.5 Å². The molecule has 1 rings (SSSR count). The predicted octanol–water partition coefficient (Wildman–Crippen LogP) is 3.57. The molecule has 0 aromatic rings. The van der Waals surface area contributed by atoms with Crippen LogP contribution in [-0.2, 0) is 14.3 Å². The molecular weight excluding hydrogens is 292 g/mol. The van der Waals surface area contributed by atoms with Crippen LogP contribution in [0.3, 0.4) is 0 Å². The van der Waals surface area contributed by atoms with Crippen LogP contribution in [0.1, 0.15) is 45.4 Å². The van der Waals surface area contributed by atoms with Crippen molar-refractivity contribution < 1.29 is 14.3 Å². The summed E-state index contributed by atoms with van der Waals surface area (Å²) in [6.07, 6.45) is 6.42. The highest BCUT2D eigenvalue weighted by Crippen LogP contribution is 2.24. The summed E-state index contributed by atoms with van der Waals surface area (Å²) in [6.45, 7) is 3.66. The van der Waals surface area contributed by atoms with E-state index in [1.807, 2.05) is 11.8 Å². The lowest BCUT2D eigenvalue weighted by molar-refractivity contribution is -0.143. The average Bonchev–Trinajstić information content (AvgIpc) is 2.44. The van der Waals surface area contributed by atoms with Crippen molar-refractivity contribution >= 4 is 30.4 Å². The van der Waals surface area contributed by atoms with E-state index in [0.29, 0.717) is 19.1 Å². The zero-order valence-corrected chi connectivity index (χ0v) is 14.2. The Bertz CT molecular complexity index is 262. The number of hydrogen-bond acceptors (Lipinski definition) is 5. The van der Waals surface area contributed by atoms with Crippen molar-refractivity contribution in [2.24, 2.45) is 5.92 Å². The Morgan fingerprint density at radius 3 is 3.00 bits per heavy atom. The van der Waals surface area contributed by atoms with Crippen LogP contribution in [0.5, 0.6) is 0 Å². The van der Waals surface area contributed by atoms with Gasteiger partial charge in [0.2, 0.25) is 0 Å². The fourth-order valence-corrected chi connectivity index (χ4v) is 3.53. The Morgan fingerprint density at radius 1 is 1.40 bits per heavy atom. The SMILES string of the molecule is CC1CC(CCSCCCOC(=O)CCCS)CCO1. The Morgan fingerprint density at radius 2 is 2.25 bits per heavy atom. The summed E-state index contributed by atoms with van der Waals surface area (Å²) in [4.78, 5) is 11.3. The van der Waals surface area contributed by atoms with E-state index < -0.39 is 0 Å². The molecule has 5 heteroatoms. The topological polar surface area (TPSA) is 35.5 Å². The molecule has 0 spiro atoms. The lowest BCUT2D eigenvalue weighted by Gasteiger charge is -2.27. The van der Waals surface area contributed by atoms with Gasteiger partial charge in [0.1, 0.15) is 0 Å². The standard InChI is InChI=1S/C15H28O3S2/c1-13-12-14(5-8-17-13)6-11-20-10-3-7-18-15(16)4-2-9-19/h13-14,19H,2-12H2,1H3. The molecule has 2 atom stereocenters. The fourth-order valence-electron chi connectivity index (χ4n) is 2.35. The summed E-state index contributed by atoms with van der Waals surface area (Å²) in [6, 6.07) is 0. The average molecular weight is 321 g/mol. The zero-order valence-electron chi connectivity index (χ0n) is 12.5. The van der Waals surface area contributed by atoms with Crippen molar-refractivity contribution in [2.45, 2.75) is 51.6 Å². The third-order valence-corrected chi connectivity index (χ3v) is 4.92. The minimum absolute atomic E-state index is 0.0831. The molecule has 0 radical (unpaired) electrons.